The SMILES string of the molecule is OCCN1CCN(C(c2ccccc2Cl)c2sc3ncnn3c2O)CC1. The first kappa shape index (κ1) is 17.7. The second-order valence-corrected chi connectivity index (χ2v) is 7.69. The number of hydrogen-bond acceptors (Lipinski definition) is 7. The third-order valence-electron chi connectivity index (χ3n) is 4.78. The third kappa shape index (κ3) is 3.19. The average Bonchev–Trinajstić information content (AvgIpc) is 3.22. The maximum absolute atomic E-state index is 10.7. The van der Waals surface area contributed by atoms with Crippen LogP contribution in [0.2, 0.25) is 5.02 Å². The van der Waals surface area contributed by atoms with E-state index >= 15 is 0 Å². The van der Waals surface area contributed by atoms with Gasteiger partial charge in [-0.1, -0.05) is 41.1 Å². The minimum Gasteiger partial charge on any atom is -0.492 e. The summed E-state index contributed by atoms with van der Waals surface area (Å²) in [5.74, 6) is 0.116. The van der Waals surface area contributed by atoms with Gasteiger partial charge in [0.2, 0.25) is 10.8 Å². The molecule has 9 heteroatoms. The molecule has 3 aromatic rings. The minimum absolute atomic E-state index is 0.116. The molecule has 1 unspecified atom stereocenters. The van der Waals surface area contributed by atoms with Gasteiger partial charge in [-0.25, -0.2) is 4.98 Å². The summed E-state index contributed by atoms with van der Waals surface area (Å²) in [7, 11) is 0. The smallest absolute Gasteiger partial charge is 0.230 e. The molecule has 2 N–H and O–H groups in total. The molecule has 0 amide bonds. The molecule has 1 saturated heterocycles. The summed E-state index contributed by atoms with van der Waals surface area (Å²) in [5.41, 5.74) is 0.963. The van der Waals surface area contributed by atoms with E-state index in [1.807, 2.05) is 24.3 Å². The maximum Gasteiger partial charge on any atom is 0.230 e. The zero-order chi connectivity index (χ0) is 18.1. The number of piperazine rings is 1. The number of aromatic nitrogens is 3. The first-order valence-corrected chi connectivity index (χ1v) is 9.71. The maximum atomic E-state index is 10.7. The lowest BCUT2D eigenvalue weighted by Crippen LogP contribution is -2.48. The number of aromatic hydroxyl groups is 1. The van der Waals surface area contributed by atoms with Crippen LogP contribution in [0.5, 0.6) is 5.88 Å². The monoisotopic (exact) mass is 393 g/mol. The molecular formula is C17H20ClN5O2S. The summed E-state index contributed by atoms with van der Waals surface area (Å²) in [6.07, 6.45) is 1.44. The highest BCUT2D eigenvalue weighted by Gasteiger charge is 2.32. The van der Waals surface area contributed by atoms with Crippen molar-refractivity contribution in [2.75, 3.05) is 39.3 Å². The molecule has 0 radical (unpaired) electrons. The van der Waals surface area contributed by atoms with Crippen molar-refractivity contribution < 1.29 is 10.2 Å². The first-order chi connectivity index (χ1) is 12.7. The molecule has 1 atom stereocenters. The third-order valence-corrected chi connectivity index (χ3v) is 6.21. The van der Waals surface area contributed by atoms with Gasteiger partial charge in [-0.15, -0.1) is 0 Å². The van der Waals surface area contributed by atoms with Crippen LogP contribution in [-0.2, 0) is 0 Å². The van der Waals surface area contributed by atoms with Gasteiger partial charge >= 0.3 is 0 Å². The summed E-state index contributed by atoms with van der Waals surface area (Å²) in [4.78, 5) is 10.2. The Morgan fingerprint density at radius 3 is 2.65 bits per heavy atom. The second-order valence-electron chi connectivity index (χ2n) is 6.27. The quantitative estimate of drug-likeness (QED) is 0.689. The summed E-state index contributed by atoms with van der Waals surface area (Å²) < 4.78 is 1.46. The molecular weight excluding hydrogens is 374 g/mol. The molecule has 1 aliphatic heterocycles. The lowest BCUT2D eigenvalue weighted by Gasteiger charge is -2.39. The fourth-order valence-electron chi connectivity index (χ4n) is 3.46. The number of thiazole rings is 1. The lowest BCUT2D eigenvalue weighted by atomic mass is 10.0. The molecule has 0 saturated carbocycles. The predicted molar refractivity (Wildman–Crippen MR) is 101 cm³/mol. The Morgan fingerprint density at radius 1 is 1.19 bits per heavy atom. The highest BCUT2D eigenvalue weighted by molar-refractivity contribution is 7.17. The van der Waals surface area contributed by atoms with Crippen molar-refractivity contribution in [2.24, 2.45) is 0 Å². The van der Waals surface area contributed by atoms with Gasteiger partial charge in [0.25, 0.3) is 0 Å². The first-order valence-electron chi connectivity index (χ1n) is 8.52. The molecule has 4 rings (SSSR count). The van der Waals surface area contributed by atoms with Gasteiger partial charge in [0, 0.05) is 37.7 Å². The van der Waals surface area contributed by atoms with Gasteiger partial charge in [0.1, 0.15) is 6.33 Å². The van der Waals surface area contributed by atoms with Crippen LogP contribution in [0.4, 0.5) is 0 Å². The minimum atomic E-state index is -0.159. The Balaban J connectivity index is 1.72. The number of nitrogens with zero attached hydrogens (tertiary/aromatic N) is 5. The van der Waals surface area contributed by atoms with E-state index in [2.05, 4.69) is 19.9 Å². The van der Waals surface area contributed by atoms with E-state index < -0.39 is 0 Å². The van der Waals surface area contributed by atoms with Crippen LogP contribution >= 0.6 is 22.9 Å². The standard InChI is InChI=1S/C17H20ClN5O2S/c18-13-4-2-1-3-12(13)14(22-7-5-21(6-8-22)9-10-24)15-16(25)23-17(26-15)19-11-20-23/h1-4,11,14,24-25H,5-10H2. The highest BCUT2D eigenvalue weighted by atomic mass is 35.5. The molecule has 7 nitrogen and oxygen atoms in total. The van der Waals surface area contributed by atoms with E-state index in [1.165, 1.54) is 22.2 Å². The van der Waals surface area contributed by atoms with Gasteiger partial charge in [-0.2, -0.15) is 9.61 Å². The summed E-state index contributed by atoms with van der Waals surface area (Å²) in [6, 6.07) is 7.59. The van der Waals surface area contributed by atoms with Crippen molar-refractivity contribution in [3.8, 4) is 5.88 Å². The molecule has 2 aromatic heterocycles. The highest BCUT2D eigenvalue weighted by Crippen LogP contribution is 2.41. The van der Waals surface area contributed by atoms with Crippen LogP contribution in [0.3, 0.4) is 0 Å². The molecule has 1 aliphatic rings. The molecule has 0 aliphatic carbocycles. The Hall–Kier alpha value is -1.71. The fourth-order valence-corrected chi connectivity index (χ4v) is 4.78. The summed E-state index contributed by atoms with van der Waals surface area (Å²) in [6.45, 7) is 4.23. The van der Waals surface area contributed by atoms with E-state index in [4.69, 9.17) is 16.7 Å². The zero-order valence-electron chi connectivity index (χ0n) is 14.1. The fraction of sp³-hybridized carbons (Fsp3) is 0.412. The van der Waals surface area contributed by atoms with Crippen molar-refractivity contribution in [3.05, 3.63) is 46.1 Å². The Bertz CT molecular complexity index is 890. The van der Waals surface area contributed by atoms with E-state index in [0.717, 1.165) is 36.6 Å². The van der Waals surface area contributed by atoms with Gasteiger partial charge in [0.15, 0.2) is 0 Å². The van der Waals surface area contributed by atoms with Gasteiger partial charge in [-0.3, -0.25) is 9.80 Å². The van der Waals surface area contributed by atoms with Crippen molar-refractivity contribution >= 4 is 27.9 Å². The normalized spacial score (nSPS) is 17.8. The molecule has 1 fully saturated rings. The van der Waals surface area contributed by atoms with E-state index in [1.54, 1.807) is 0 Å². The Kier molecular flexibility index (Phi) is 5.10. The zero-order valence-corrected chi connectivity index (χ0v) is 15.7. The van der Waals surface area contributed by atoms with Gasteiger partial charge in [-0.05, 0) is 11.6 Å². The summed E-state index contributed by atoms with van der Waals surface area (Å²) >= 11 is 7.94. The molecule has 1 aromatic carbocycles. The molecule has 26 heavy (non-hydrogen) atoms. The number of rotatable bonds is 5. The molecule has 0 bridgehead atoms. The number of aliphatic hydroxyl groups excluding tert-OH is 1. The number of fused-ring (bicyclic) bond motifs is 1. The van der Waals surface area contributed by atoms with Crippen LogP contribution in [0, 0.1) is 0 Å². The van der Waals surface area contributed by atoms with Crippen LogP contribution in [-0.4, -0.2) is 73.9 Å². The largest absolute Gasteiger partial charge is 0.492 e. The van der Waals surface area contributed by atoms with Gasteiger partial charge < -0.3 is 10.2 Å². The number of benzene rings is 1. The molecule has 3 heterocycles. The van der Waals surface area contributed by atoms with Crippen molar-refractivity contribution in [1.82, 2.24) is 24.4 Å². The number of hydrogen-bond donors (Lipinski definition) is 2. The van der Waals surface area contributed by atoms with Gasteiger partial charge in [0.05, 0.1) is 17.5 Å². The Labute approximate surface area is 160 Å². The number of aliphatic hydroxyl groups is 1. The van der Waals surface area contributed by atoms with Crippen LogP contribution in [0.15, 0.2) is 30.6 Å². The van der Waals surface area contributed by atoms with Crippen LogP contribution in [0.25, 0.3) is 4.96 Å². The van der Waals surface area contributed by atoms with E-state index in [9.17, 15) is 5.11 Å². The summed E-state index contributed by atoms with van der Waals surface area (Å²) in [5, 5.41) is 24.7. The predicted octanol–water partition coefficient (Wildman–Crippen LogP) is 1.85. The number of halogens is 1. The molecule has 0 spiro atoms. The van der Waals surface area contributed by atoms with Crippen molar-refractivity contribution in [1.29, 1.82) is 0 Å². The molecule has 138 valence electrons. The Morgan fingerprint density at radius 2 is 1.96 bits per heavy atom. The lowest BCUT2D eigenvalue weighted by molar-refractivity contribution is 0.0946. The second kappa shape index (κ2) is 7.50. The van der Waals surface area contributed by atoms with Crippen LogP contribution < -0.4 is 0 Å². The van der Waals surface area contributed by atoms with E-state index in [-0.39, 0.29) is 18.5 Å². The van der Waals surface area contributed by atoms with Crippen molar-refractivity contribution in [3.63, 3.8) is 0 Å². The van der Waals surface area contributed by atoms with Crippen molar-refractivity contribution in [2.45, 2.75) is 6.04 Å². The average molecular weight is 394 g/mol. The topological polar surface area (TPSA) is 77.1 Å². The van der Waals surface area contributed by atoms with Crippen LogP contribution in [0.1, 0.15) is 16.5 Å². The van der Waals surface area contributed by atoms with E-state index in [0.29, 0.717) is 16.5 Å². The number of β-amino-alcohol motifs (C(OH)–C–C–N with tert-alkyl or cyclic N) is 1.